The number of piperazine rings is 1. The Balaban J connectivity index is 1.72. The first-order valence-electron chi connectivity index (χ1n) is 9.13. The number of quaternary nitrogens is 1. The zero-order valence-electron chi connectivity index (χ0n) is 15.7. The molecule has 3 rings (SSSR count). The van der Waals surface area contributed by atoms with E-state index in [1.807, 2.05) is 12.1 Å². The van der Waals surface area contributed by atoms with Crippen molar-refractivity contribution in [1.82, 2.24) is 5.32 Å². The molecule has 2 heterocycles. The van der Waals surface area contributed by atoms with Gasteiger partial charge in [-0.1, -0.05) is 18.2 Å². The summed E-state index contributed by atoms with van der Waals surface area (Å²) < 4.78 is 5.52. The predicted octanol–water partition coefficient (Wildman–Crippen LogP) is 1.73. The molecule has 2 atom stereocenters. The van der Waals surface area contributed by atoms with E-state index < -0.39 is 0 Å². The quantitative estimate of drug-likeness (QED) is 0.810. The number of carbonyl (C=O) groups excluding carboxylic acids is 1. The summed E-state index contributed by atoms with van der Waals surface area (Å²) in [5.41, 5.74) is 1.16. The van der Waals surface area contributed by atoms with Crippen LogP contribution in [0.4, 0.5) is 5.69 Å². The highest BCUT2D eigenvalue weighted by Crippen LogP contribution is 2.28. The number of hydrogen-bond acceptors (Lipinski definition) is 4. The molecular weight excluding hydrogens is 346 g/mol. The van der Waals surface area contributed by atoms with Crippen LogP contribution in [0.25, 0.3) is 0 Å². The molecule has 2 aromatic rings. The minimum Gasteiger partial charge on any atom is -0.495 e. The van der Waals surface area contributed by atoms with Gasteiger partial charge >= 0.3 is 0 Å². The molecule has 0 bridgehead atoms. The van der Waals surface area contributed by atoms with Crippen LogP contribution in [-0.2, 0) is 4.79 Å². The molecule has 0 saturated carbocycles. The molecule has 1 aliphatic rings. The van der Waals surface area contributed by atoms with Crippen LogP contribution in [0.2, 0.25) is 0 Å². The monoisotopic (exact) mass is 374 g/mol. The van der Waals surface area contributed by atoms with Crippen LogP contribution in [-0.4, -0.2) is 45.2 Å². The van der Waals surface area contributed by atoms with Crippen molar-refractivity contribution in [3.8, 4) is 5.75 Å². The fourth-order valence-corrected chi connectivity index (χ4v) is 4.90. The van der Waals surface area contributed by atoms with Crippen LogP contribution in [0.3, 0.4) is 0 Å². The van der Waals surface area contributed by atoms with Gasteiger partial charge in [-0.05, 0) is 30.5 Å². The van der Waals surface area contributed by atoms with Crippen molar-refractivity contribution in [2.24, 2.45) is 0 Å². The fourth-order valence-electron chi connectivity index (χ4n) is 3.91. The molecule has 26 heavy (non-hydrogen) atoms. The van der Waals surface area contributed by atoms with Crippen molar-refractivity contribution in [1.29, 1.82) is 0 Å². The van der Waals surface area contributed by atoms with Gasteiger partial charge in [-0.15, -0.1) is 11.3 Å². The van der Waals surface area contributed by atoms with Gasteiger partial charge in [0.05, 0.1) is 49.9 Å². The van der Waals surface area contributed by atoms with E-state index in [1.165, 1.54) is 9.78 Å². The summed E-state index contributed by atoms with van der Waals surface area (Å²) in [6.45, 7) is 7.73. The van der Waals surface area contributed by atoms with Crippen LogP contribution < -0.4 is 19.9 Å². The Bertz CT molecular complexity index is 712. The summed E-state index contributed by atoms with van der Waals surface area (Å²) in [4.78, 5) is 16.8. The van der Waals surface area contributed by atoms with Crippen molar-refractivity contribution in [2.75, 3.05) is 38.2 Å². The van der Waals surface area contributed by atoms with Gasteiger partial charge in [0.25, 0.3) is 0 Å². The highest BCUT2D eigenvalue weighted by Gasteiger charge is 2.34. The number of thiophene rings is 1. The third kappa shape index (κ3) is 4.19. The maximum atomic E-state index is 11.6. The van der Waals surface area contributed by atoms with Gasteiger partial charge in [0.2, 0.25) is 5.91 Å². The summed E-state index contributed by atoms with van der Waals surface area (Å²) in [5.74, 6) is 0.962. The second-order valence-electron chi connectivity index (χ2n) is 6.80. The van der Waals surface area contributed by atoms with E-state index >= 15 is 0 Å². The number of benzene rings is 1. The number of anilines is 1. The van der Waals surface area contributed by atoms with Crippen molar-refractivity contribution < 1.29 is 14.4 Å². The lowest BCUT2D eigenvalue weighted by atomic mass is 10.0. The van der Waals surface area contributed by atoms with Gasteiger partial charge < -0.3 is 19.9 Å². The number of carbonyl (C=O) groups is 1. The largest absolute Gasteiger partial charge is 0.495 e. The highest BCUT2D eigenvalue weighted by molar-refractivity contribution is 7.10. The van der Waals surface area contributed by atoms with E-state index in [2.05, 4.69) is 46.8 Å². The lowest BCUT2D eigenvalue weighted by Gasteiger charge is -2.39. The number of hydrogen-bond donors (Lipinski definition) is 2. The van der Waals surface area contributed by atoms with Crippen LogP contribution in [0.5, 0.6) is 5.75 Å². The number of amides is 1. The molecule has 6 heteroatoms. The lowest BCUT2D eigenvalue weighted by molar-refractivity contribution is -0.933. The SMILES string of the molecule is COc1ccccc1N1CC[NH+]([C@@H](c2cccs2)[C@H](C)NC(C)=O)CC1. The average molecular weight is 375 g/mol. The Labute approximate surface area is 159 Å². The second-order valence-corrected chi connectivity index (χ2v) is 7.78. The molecule has 2 N–H and O–H groups in total. The molecule has 0 radical (unpaired) electrons. The standard InChI is InChI=1S/C20H27N3O2S/c1-15(21-16(2)24)20(19-9-6-14-26-19)23-12-10-22(11-13-23)17-7-4-5-8-18(17)25-3/h4-9,14-15,20H,10-13H2,1-3H3,(H,21,24)/p+1/t15-,20+/m0/s1. The molecule has 1 fully saturated rings. The molecule has 140 valence electrons. The Morgan fingerprint density at radius 1 is 1.23 bits per heavy atom. The predicted molar refractivity (Wildman–Crippen MR) is 106 cm³/mol. The minimum absolute atomic E-state index is 0.0334. The molecular formula is C20H28N3O2S+. The van der Waals surface area contributed by atoms with Crippen LogP contribution >= 0.6 is 11.3 Å². The Kier molecular flexibility index (Phi) is 6.16. The summed E-state index contributed by atoms with van der Waals surface area (Å²) in [6.07, 6.45) is 0. The highest BCUT2D eigenvalue weighted by atomic mass is 32.1. The first-order chi connectivity index (χ1) is 12.6. The van der Waals surface area contributed by atoms with Crippen molar-refractivity contribution in [2.45, 2.75) is 25.9 Å². The zero-order chi connectivity index (χ0) is 18.5. The van der Waals surface area contributed by atoms with Gasteiger partial charge in [0.1, 0.15) is 11.8 Å². The third-order valence-corrected chi connectivity index (χ3v) is 6.01. The van der Waals surface area contributed by atoms with E-state index in [0.29, 0.717) is 6.04 Å². The summed E-state index contributed by atoms with van der Waals surface area (Å²) in [6, 6.07) is 12.9. The summed E-state index contributed by atoms with van der Waals surface area (Å²) in [7, 11) is 1.72. The maximum Gasteiger partial charge on any atom is 0.217 e. The van der Waals surface area contributed by atoms with Crippen LogP contribution in [0.15, 0.2) is 41.8 Å². The first kappa shape index (κ1) is 18.7. The van der Waals surface area contributed by atoms with E-state index in [1.54, 1.807) is 25.4 Å². The second kappa shape index (κ2) is 8.56. The molecule has 1 aromatic heterocycles. The third-order valence-electron chi connectivity index (χ3n) is 5.05. The molecule has 0 spiro atoms. The number of nitrogens with one attached hydrogen (secondary N) is 2. The number of para-hydroxylation sites is 2. The van der Waals surface area contributed by atoms with Crippen molar-refractivity contribution in [3.05, 3.63) is 46.7 Å². The molecule has 5 nitrogen and oxygen atoms in total. The molecule has 0 aliphatic carbocycles. The first-order valence-corrected chi connectivity index (χ1v) is 10.0. The van der Waals surface area contributed by atoms with Crippen LogP contribution in [0, 0.1) is 0 Å². The smallest absolute Gasteiger partial charge is 0.217 e. The van der Waals surface area contributed by atoms with E-state index in [9.17, 15) is 4.79 Å². The van der Waals surface area contributed by atoms with E-state index in [0.717, 1.165) is 37.6 Å². The Hall–Kier alpha value is -2.05. The van der Waals surface area contributed by atoms with Gasteiger partial charge in [-0.3, -0.25) is 4.79 Å². The molecule has 1 aliphatic heterocycles. The van der Waals surface area contributed by atoms with Crippen molar-refractivity contribution >= 4 is 22.9 Å². The van der Waals surface area contributed by atoms with Gasteiger partial charge in [-0.2, -0.15) is 0 Å². The zero-order valence-corrected chi connectivity index (χ0v) is 16.5. The van der Waals surface area contributed by atoms with Crippen LogP contribution in [0.1, 0.15) is 24.8 Å². The van der Waals surface area contributed by atoms with Gasteiger partial charge in [0.15, 0.2) is 0 Å². The molecule has 1 amide bonds. The molecule has 1 saturated heterocycles. The topological polar surface area (TPSA) is 46.0 Å². The minimum atomic E-state index is 0.0334. The van der Waals surface area contributed by atoms with Gasteiger partial charge in [0, 0.05) is 6.92 Å². The average Bonchev–Trinajstić information content (AvgIpc) is 3.16. The lowest BCUT2D eigenvalue weighted by Crippen LogP contribution is -3.16. The number of methoxy groups -OCH3 is 1. The number of ether oxygens (including phenoxy) is 1. The molecule has 1 aromatic carbocycles. The maximum absolute atomic E-state index is 11.6. The normalized spacial score (nSPS) is 17.6. The Morgan fingerprint density at radius 3 is 2.58 bits per heavy atom. The van der Waals surface area contributed by atoms with Crippen molar-refractivity contribution in [3.63, 3.8) is 0 Å². The van der Waals surface area contributed by atoms with Gasteiger partial charge in [-0.25, -0.2) is 0 Å². The number of rotatable bonds is 6. The van der Waals surface area contributed by atoms with E-state index in [-0.39, 0.29) is 11.9 Å². The molecule has 0 unspecified atom stereocenters. The summed E-state index contributed by atoms with van der Waals surface area (Å²) in [5, 5.41) is 5.22. The Morgan fingerprint density at radius 2 is 1.96 bits per heavy atom. The number of nitrogens with zero attached hydrogens (tertiary/aromatic N) is 1. The summed E-state index contributed by atoms with van der Waals surface area (Å²) >= 11 is 1.78. The van der Waals surface area contributed by atoms with E-state index in [4.69, 9.17) is 4.74 Å². The fraction of sp³-hybridized carbons (Fsp3) is 0.450.